The number of aryl methyl sites for hydroxylation is 2. The smallest absolute Gasteiger partial charge is 0.162 e. The maximum atomic E-state index is 6.36. The van der Waals surface area contributed by atoms with Gasteiger partial charge in [-0.05, 0) is 33.3 Å². The number of nitrogens with zero attached hydrogens (tertiary/aromatic N) is 4. The van der Waals surface area contributed by atoms with Crippen LogP contribution in [0.2, 0.25) is 0 Å². The van der Waals surface area contributed by atoms with Crippen molar-refractivity contribution in [3.8, 4) is 5.00 Å². The maximum Gasteiger partial charge on any atom is 0.162 e. The summed E-state index contributed by atoms with van der Waals surface area (Å²) >= 11 is 8.07. The first-order valence-electron chi connectivity index (χ1n) is 5.76. The fourth-order valence-corrected chi connectivity index (χ4v) is 3.85. The van der Waals surface area contributed by atoms with E-state index in [1.165, 1.54) is 10.4 Å². The highest BCUT2D eigenvalue weighted by atomic mass is 35.5. The number of hydrogen-bond acceptors (Lipinski definition) is 4. The second kappa shape index (κ2) is 3.90. The second-order valence-electron chi connectivity index (χ2n) is 4.50. The monoisotopic (exact) mass is 280 g/mol. The van der Waals surface area contributed by atoms with Crippen LogP contribution in [0.15, 0.2) is 4.99 Å². The van der Waals surface area contributed by atoms with Crippen molar-refractivity contribution in [1.82, 2.24) is 14.8 Å². The lowest BCUT2D eigenvalue weighted by Gasteiger charge is -2.06. The molecule has 0 amide bonds. The Labute approximate surface area is 114 Å². The van der Waals surface area contributed by atoms with Gasteiger partial charge in [0.05, 0.1) is 0 Å². The van der Waals surface area contributed by atoms with Crippen LogP contribution >= 0.6 is 22.9 Å². The molecule has 2 aromatic rings. The highest BCUT2D eigenvalue weighted by Gasteiger charge is 2.27. The summed E-state index contributed by atoms with van der Waals surface area (Å²) in [7, 11) is 0. The summed E-state index contributed by atoms with van der Waals surface area (Å²) in [6.45, 7) is 8.12. The normalized spacial score (nSPS) is 18.1. The zero-order chi connectivity index (χ0) is 13.0. The lowest BCUT2D eigenvalue weighted by Crippen LogP contribution is -2.03. The number of rotatable bonds is 0. The third-order valence-corrected chi connectivity index (χ3v) is 4.79. The molecule has 0 fully saturated rings. The molecule has 0 unspecified atom stereocenters. The summed E-state index contributed by atoms with van der Waals surface area (Å²) in [5.41, 5.74) is 2.21. The summed E-state index contributed by atoms with van der Waals surface area (Å²) in [5.74, 6) is 1.73. The number of aliphatic imine (C=N–C) groups is 1. The van der Waals surface area contributed by atoms with Crippen molar-refractivity contribution in [2.45, 2.75) is 33.7 Å². The minimum Gasteiger partial charge on any atom is -0.271 e. The van der Waals surface area contributed by atoms with E-state index in [1.807, 2.05) is 13.8 Å². The molecule has 0 radical (unpaired) electrons. The van der Waals surface area contributed by atoms with E-state index in [4.69, 9.17) is 11.6 Å². The van der Waals surface area contributed by atoms with Crippen molar-refractivity contribution in [3.63, 3.8) is 0 Å². The minimum absolute atomic E-state index is 0.0713. The molecule has 0 N–H and O–H groups in total. The van der Waals surface area contributed by atoms with Gasteiger partial charge in [-0.1, -0.05) is 11.6 Å². The Hall–Kier alpha value is -1.20. The predicted molar refractivity (Wildman–Crippen MR) is 74.3 cm³/mol. The van der Waals surface area contributed by atoms with Gasteiger partial charge in [-0.25, -0.2) is 0 Å². The molecule has 4 nitrogen and oxygen atoms in total. The van der Waals surface area contributed by atoms with Crippen molar-refractivity contribution in [3.05, 3.63) is 27.7 Å². The highest BCUT2D eigenvalue weighted by Crippen LogP contribution is 2.37. The molecule has 1 aliphatic rings. The Kier molecular flexibility index (Phi) is 2.57. The summed E-state index contributed by atoms with van der Waals surface area (Å²) < 4.78 is 2.07. The van der Waals surface area contributed by atoms with E-state index in [9.17, 15) is 0 Å². The van der Waals surface area contributed by atoms with Crippen molar-refractivity contribution in [2.75, 3.05) is 0 Å². The predicted octanol–water partition coefficient (Wildman–Crippen LogP) is 3.31. The number of fused-ring (bicyclic) bond motifs is 3. The Morgan fingerprint density at radius 3 is 2.67 bits per heavy atom. The first-order valence-corrected chi connectivity index (χ1v) is 6.96. The van der Waals surface area contributed by atoms with Crippen molar-refractivity contribution >= 4 is 28.1 Å². The van der Waals surface area contributed by atoms with E-state index < -0.39 is 0 Å². The van der Waals surface area contributed by atoms with E-state index >= 15 is 0 Å². The van der Waals surface area contributed by atoms with Gasteiger partial charge in [-0.2, -0.15) is 0 Å². The molecular formula is C12H13ClN4S. The first kappa shape index (κ1) is 11.9. The molecule has 18 heavy (non-hydrogen) atoms. The molecule has 3 heterocycles. The van der Waals surface area contributed by atoms with Gasteiger partial charge in [0.2, 0.25) is 0 Å². The van der Waals surface area contributed by atoms with Gasteiger partial charge in [0.15, 0.2) is 5.82 Å². The van der Waals surface area contributed by atoms with Gasteiger partial charge in [-0.3, -0.25) is 9.56 Å². The number of hydrogen-bond donors (Lipinski definition) is 0. The number of aromatic nitrogens is 3. The summed E-state index contributed by atoms with van der Waals surface area (Å²) in [6, 6.07) is -0.0713. The SMILES string of the molecule is Cc1sc2c(c1C)C(Cl)=N[C@@H](C)c1nnc(C)n1-2. The van der Waals surface area contributed by atoms with E-state index in [2.05, 4.69) is 33.6 Å². The third-order valence-electron chi connectivity index (χ3n) is 3.31. The van der Waals surface area contributed by atoms with Crippen LogP contribution in [0.1, 0.15) is 40.6 Å². The molecule has 0 bridgehead atoms. The van der Waals surface area contributed by atoms with E-state index in [0.29, 0.717) is 5.17 Å². The number of thiophene rings is 1. The average molecular weight is 281 g/mol. The quantitative estimate of drug-likeness (QED) is 0.743. The van der Waals surface area contributed by atoms with E-state index in [1.54, 1.807) is 11.3 Å². The zero-order valence-corrected chi connectivity index (χ0v) is 12.2. The maximum absolute atomic E-state index is 6.36. The standard InChI is InChI=1S/C12H13ClN4S/c1-5-7(3)18-12-9(5)10(13)14-6(2)11-16-15-8(4)17(11)12/h6H,1-4H3/t6-/m0/s1. The molecule has 3 rings (SSSR count). The summed E-state index contributed by atoms with van der Waals surface area (Å²) in [4.78, 5) is 5.76. The molecule has 1 atom stereocenters. The van der Waals surface area contributed by atoms with E-state index in [-0.39, 0.29) is 6.04 Å². The number of halogens is 1. The first-order chi connectivity index (χ1) is 8.50. The molecule has 0 aromatic carbocycles. The fraction of sp³-hybridized carbons (Fsp3) is 0.417. The van der Waals surface area contributed by atoms with Crippen LogP contribution in [0.4, 0.5) is 0 Å². The van der Waals surface area contributed by atoms with Crippen molar-refractivity contribution in [1.29, 1.82) is 0 Å². The summed E-state index contributed by atoms with van der Waals surface area (Å²) in [5, 5.41) is 10.0. The van der Waals surface area contributed by atoms with Gasteiger partial charge < -0.3 is 0 Å². The average Bonchev–Trinajstić information content (AvgIpc) is 2.77. The van der Waals surface area contributed by atoms with Crippen LogP contribution in [-0.2, 0) is 0 Å². The van der Waals surface area contributed by atoms with Gasteiger partial charge in [0.25, 0.3) is 0 Å². The topological polar surface area (TPSA) is 43.1 Å². The Balaban J connectivity index is 2.42. The van der Waals surface area contributed by atoms with E-state index in [0.717, 1.165) is 22.2 Å². The van der Waals surface area contributed by atoms with Crippen LogP contribution in [-0.4, -0.2) is 19.9 Å². The second-order valence-corrected chi connectivity index (χ2v) is 6.06. The van der Waals surface area contributed by atoms with Crippen LogP contribution in [0.5, 0.6) is 0 Å². The molecular weight excluding hydrogens is 268 g/mol. The van der Waals surface area contributed by atoms with Crippen LogP contribution in [0.25, 0.3) is 5.00 Å². The van der Waals surface area contributed by atoms with Crippen LogP contribution < -0.4 is 0 Å². The Bertz CT molecular complexity index is 668. The molecule has 0 saturated carbocycles. The van der Waals surface area contributed by atoms with Gasteiger partial charge in [0.1, 0.15) is 22.0 Å². The molecule has 0 aliphatic carbocycles. The third kappa shape index (κ3) is 1.47. The van der Waals surface area contributed by atoms with Crippen LogP contribution in [0, 0.1) is 20.8 Å². The summed E-state index contributed by atoms with van der Waals surface area (Å²) in [6.07, 6.45) is 0. The fourth-order valence-electron chi connectivity index (χ4n) is 2.20. The molecule has 6 heteroatoms. The molecule has 0 saturated heterocycles. The molecule has 94 valence electrons. The molecule has 1 aliphatic heterocycles. The van der Waals surface area contributed by atoms with Crippen LogP contribution in [0.3, 0.4) is 0 Å². The van der Waals surface area contributed by atoms with Crippen molar-refractivity contribution in [2.24, 2.45) is 4.99 Å². The van der Waals surface area contributed by atoms with Gasteiger partial charge in [-0.15, -0.1) is 21.5 Å². The lowest BCUT2D eigenvalue weighted by atomic mass is 10.2. The molecule has 2 aromatic heterocycles. The lowest BCUT2D eigenvalue weighted by molar-refractivity contribution is 0.725. The van der Waals surface area contributed by atoms with Gasteiger partial charge in [0, 0.05) is 10.4 Å². The highest BCUT2D eigenvalue weighted by molar-refractivity contribution is 7.15. The Morgan fingerprint density at radius 2 is 1.94 bits per heavy atom. The zero-order valence-electron chi connectivity index (χ0n) is 10.7. The van der Waals surface area contributed by atoms with Crippen molar-refractivity contribution < 1.29 is 0 Å². The Morgan fingerprint density at radius 1 is 1.22 bits per heavy atom. The minimum atomic E-state index is -0.0713. The molecule has 0 spiro atoms. The van der Waals surface area contributed by atoms with Gasteiger partial charge >= 0.3 is 0 Å². The largest absolute Gasteiger partial charge is 0.271 e.